The summed E-state index contributed by atoms with van der Waals surface area (Å²) >= 11 is 0. The monoisotopic (exact) mass is 404 g/mol. The van der Waals surface area contributed by atoms with Crippen molar-refractivity contribution >= 4 is 21.6 Å². The highest BCUT2D eigenvalue weighted by atomic mass is 32.2. The SMILES string of the molecule is COc1ccc(C(=O)NC2CCCOC2)cc1S(=O)(=O)Nc1ccc(C)cc1. The molecule has 1 unspecified atom stereocenters. The van der Waals surface area contributed by atoms with Crippen molar-refractivity contribution in [2.75, 3.05) is 25.0 Å². The summed E-state index contributed by atoms with van der Waals surface area (Å²) in [6.45, 7) is 3.07. The Kier molecular flexibility index (Phi) is 6.21. The maximum absolute atomic E-state index is 12.9. The summed E-state index contributed by atoms with van der Waals surface area (Å²) in [5.74, 6) is -0.179. The molecule has 1 aliphatic rings. The number of hydrogen-bond donors (Lipinski definition) is 2. The number of anilines is 1. The van der Waals surface area contributed by atoms with E-state index in [9.17, 15) is 13.2 Å². The first kappa shape index (κ1) is 20.2. The van der Waals surface area contributed by atoms with E-state index in [0.717, 1.165) is 18.4 Å². The van der Waals surface area contributed by atoms with Gasteiger partial charge in [0.05, 0.1) is 19.8 Å². The van der Waals surface area contributed by atoms with Crippen LogP contribution in [0, 0.1) is 6.92 Å². The van der Waals surface area contributed by atoms with E-state index in [2.05, 4.69) is 10.0 Å². The zero-order valence-electron chi connectivity index (χ0n) is 15.9. The van der Waals surface area contributed by atoms with Gasteiger partial charge in [-0.1, -0.05) is 17.7 Å². The molecule has 7 nitrogen and oxygen atoms in total. The molecular weight excluding hydrogens is 380 g/mol. The van der Waals surface area contributed by atoms with Gasteiger partial charge in [0.1, 0.15) is 10.6 Å². The largest absolute Gasteiger partial charge is 0.495 e. The summed E-state index contributed by atoms with van der Waals surface area (Å²) in [7, 11) is -2.55. The first-order valence-electron chi connectivity index (χ1n) is 9.05. The average Bonchev–Trinajstić information content (AvgIpc) is 2.70. The summed E-state index contributed by atoms with van der Waals surface area (Å²) in [6.07, 6.45) is 1.72. The number of nitrogens with one attached hydrogen (secondary N) is 2. The van der Waals surface area contributed by atoms with E-state index in [0.29, 0.717) is 18.9 Å². The first-order chi connectivity index (χ1) is 13.4. The Bertz CT molecular complexity index is 936. The Labute approximate surface area is 165 Å². The molecule has 2 N–H and O–H groups in total. The third-order valence-corrected chi connectivity index (χ3v) is 5.92. The summed E-state index contributed by atoms with van der Waals surface area (Å²) in [5.41, 5.74) is 1.70. The fourth-order valence-electron chi connectivity index (χ4n) is 2.98. The van der Waals surface area contributed by atoms with Crippen LogP contribution < -0.4 is 14.8 Å². The Morgan fingerprint density at radius 1 is 1.18 bits per heavy atom. The molecule has 8 heteroatoms. The van der Waals surface area contributed by atoms with Gasteiger partial charge < -0.3 is 14.8 Å². The number of benzene rings is 2. The lowest BCUT2D eigenvalue weighted by molar-refractivity contribution is 0.0624. The smallest absolute Gasteiger partial charge is 0.265 e. The van der Waals surface area contributed by atoms with Gasteiger partial charge >= 0.3 is 0 Å². The second-order valence-electron chi connectivity index (χ2n) is 6.72. The molecule has 0 aliphatic carbocycles. The number of aryl methyl sites for hydroxylation is 1. The Balaban J connectivity index is 1.85. The van der Waals surface area contributed by atoms with Crippen LogP contribution in [0.2, 0.25) is 0 Å². The Morgan fingerprint density at radius 3 is 2.57 bits per heavy atom. The van der Waals surface area contributed by atoms with E-state index in [-0.39, 0.29) is 28.2 Å². The van der Waals surface area contributed by atoms with Crippen LogP contribution in [0.15, 0.2) is 47.4 Å². The molecule has 28 heavy (non-hydrogen) atoms. The van der Waals surface area contributed by atoms with Gasteiger partial charge in [-0.25, -0.2) is 8.42 Å². The van der Waals surface area contributed by atoms with Gasteiger partial charge in [0.15, 0.2) is 0 Å². The fourth-order valence-corrected chi connectivity index (χ4v) is 4.24. The molecule has 0 radical (unpaired) electrons. The lowest BCUT2D eigenvalue weighted by Gasteiger charge is -2.23. The number of rotatable bonds is 6. The Hall–Kier alpha value is -2.58. The fraction of sp³-hybridized carbons (Fsp3) is 0.350. The van der Waals surface area contributed by atoms with Gasteiger partial charge in [-0.15, -0.1) is 0 Å². The van der Waals surface area contributed by atoms with Crippen molar-refractivity contribution < 1.29 is 22.7 Å². The molecule has 1 saturated heterocycles. The number of carbonyl (C=O) groups excluding carboxylic acids is 1. The molecule has 1 atom stereocenters. The molecule has 1 heterocycles. The van der Waals surface area contributed by atoms with Crippen molar-refractivity contribution in [2.45, 2.75) is 30.7 Å². The summed E-state index contributed by atoms with van der Waals surface area (Å²) in [4.78, 5) is 12.5. The Morgan fingerprint density at radius 2 is 1.93 bits per heavy atom. The topological polar surface area (TPSA) is 93.7 Å². The molecule has 1 amide bonds. The predicted octanol–water partition coefficient (Wildman–Crippen LogP) is 2.71. The van der Waals surface area contributed by atoms with Crippen molar-refractivity contribution in [3.63, 3.8) is 0 Å². The molecule has 0 aromatic heterocycles. The highest BCUT2D eigenvalue weighted by molar-refractivity contribution is 7.92. The van der Waals surface area contributed by atoms with E-state index in [4.69, 9.17) is 9.47 Å². The third kappa shape index (κ3) is 4.82. The molecule has 150 valence electrons. The van der Waals surface area contributed by atoms with Gasteiger partial charge in [-0.2, -0.15) is 0 Å². The van der Waals surface area contributed by atoms with E-state index in [1.54, 1.807) is 18.2 Å². The van der Waals surface area contributed by atoms with Crippen LogP contribution in [-0.4, -0.2) is 40.7 Å². The van der Waals surface area contributed by atoms with E-state index >= 15 is 0 Å². The molecule has 2 aromatic rings. The molecule has 3 rings (SSSR count). The lowest BCUT2D eigenvalue weighted by atomic mass is 10.1. The molecule has 0 spiro atoms. The van der Waals surface area contributed by atoms with Crippen molar-refractivity contribution in [3.8, 4) is 5.75 Å². The van der Waals surface area contributed by atoms with Gasteiger partial charge in [0.2, 0.25) is 0 Å². The van der Waals surface area contributed by atoms with Gasteiger partial charge in [0, 0.05) is 17.9 Å². The van der Waals surface area contributed by atoms with Gasteiger partial charge in [-0.05, 0) is 50.1 Å². The predicted molar refractivity (Wildman–Crippen MR) is 106 cm³/mol. The molecular formula is C20H24N2O5S. The van der Waals surface area contributed by atoms with Gasteiger partial charge in [-0.3, -0.25) is 9.52 Å². The van der Waals surface area contributed by atoms with Crippen LogP contribution in [-0.2, 0) is 14.8 Å². The van der Waals surface area contributed by atoms with Crippen LogP contribution >= 0.6 is 0 Å². The molecule has 2 aromatic carbocycles. The summed E-state index contributed by atoms with van der Waals surface area (Å²) in [5, 5.41) is 2.89. The van der Waals surface area contributed by atoms with Crippen LogP contribution in [0.4, 0.5) is 5.69 Å². The van der Waals surface area contributed by atoms with Crippen LogP contribution in [0.25, 0.3) is 0 Å². The number of carbonyl (C=O) groups is 1. The standard InChI is InChI=1S/C20H24N2O5S/c1-14-5-8-16(9-6-14)22-28(24,25)19-12-15(7-10-18(19)26-2)20(23)21-17-4-3-11-27-13-17/h5-10,12,17,22H,3-4,11,13H2,1-2H3,(H,21,23). The summed E-state index contributed by atoms with van der Waals surface area (Å²) < 4.78 is 38.9. The molecule has 1 aliphatic heterocycles. The van der Waals surface area contributed by atoms with Crippen LogP contribution in [0.5, 0.6) is 5.75 Å². The van der Waals surface area contributed by atoms with Gasteiger partial charge in [0.25, 0.3) is 15.9 Å². The third-order valence-electron chi connectivity index (χ3n) is 4.51. The lowest BCUT2D eigenvalue weighted by Crippen LogP contribution is -2.40. The van der Waals surface area contributed by atoms with Crippen LogP contribution in [0.3, 0.4) is 0 Å². The minimum Gasteiger partial charge on any atom is -0.495 e. The normalized spacial score (nSPS) is 17.0. The van der Waals surface area contributed by atoms with Crippen molar-refractivity contribution in [1.29, 1.82) is 0 Å². The second-order valence-corrected chi connectivity index (χ2v) is 8.38. The minimum absolute atomic E-state index is 0.0749. The van der Waals surface area contributed by atoms with Crippen molar-refractivity contribution in [3.05, 3.63) is 53.6 Å². The molecule has 1 fully saturated rings. The van der Waals surface area contributed by atoms with E-state index in [1.807, 2.05) is 19.1 Å². The molecule has 0 bridgehead atoms. The number of sulfonamides is 1. The number of methoxy groups -OCH3 is 1. The average molecular weight is 404 g/mol. The van der Waals surface area contributed by atoms with Crippen molar-refractivity contribution in [2.24, 2.45) is 0 Å². The highest BCUT2D eigenvalue weighted by Gasteiger charge is 2.23. The van der Waals surface area contributed by atoms with E-state index < -0.39 is 10.0 Å². The maximum Gasteiger partial charge on any atom is 0.265 e. The number of amides is 1. The van der Waals surface area contributed by atoms with E-state index in [1.165, 1.54) is 19.2 Å². The number of hydrogen-bond acceptors (Lipinski definition) is 5. The summed E-state index contributed by atoms with van der Waals surface area (Å²) in [6, 6.07) is 11.3. The first-order valence-corrected chi connectivity index (χ1v) is 10.5. The maximum atomic E-state index is 12.9. The zero-order chi connectivity index (χ0) is 20.1. The minimum atomic E-state index is -3.94. The van der Waals surface area contributed by atoms with Crippen molar-refractivity contribution in [1.82, 2.24) is 5.32 Å². The zero-order valence-corrected chi connectivity index (χ0v) is 16.7. The molecule has 0 saturated carbocycles. The van der Waals surface area contributed by atoms with Crippen LogP contribution in [0.1, 0.15) is 28.8 Å². The quantitative estimate of drug-likeness (QED) is 0.772. The second kappa shape index (κ2) is 8.62. The highest BCUT2D eigenvalue weighted by Crippen LogP contribution is 2.27. The number of ether oxygens (including phenoxy) is 2.